The number of fused-ring (bicyclic) bond motifs is 1. The molecule has 0 fully saturated rings. The maximum Gasteiger partial charge on any atom is 0.333 e. The summed E-state index contributed by atoms with van der Waals surface area (Å²) < 4.78 is 7.89. The number of nitrogens with two attached hydrogens (primary N) is 1. The van der Waals surface area contributed by atoms with Gasteiger partial charge in [0, 0.05) is 22.7 Å². The normalized spacial score (nSPS) is 10.8. The van der Waals surface area contributed by atoms with Crippen molar-refractivity contribution in [1.29, 1.82) is 0 Å². The van der Waals surface area contributed by atoms with Crippen molar-refractivity contribution in [1.82, 2.24) is 19.1 Å². The number of nitrogen functional groups attached to an aromatic ring is 1. The molecule has 0 atom stereocenters. The van der Waals surface area contributed by atoms with E-state index < -0.39 is 11.2 Å². The Bertz CT molecular complexity index is 1580. The second-order valence-electron chi connectivity index (χ2n) is 6.95. The van der Waals surface area contributed by atoms with Gasteiger partial charge in [0.25, 0.3) is 5.56 Å². The lowest BCUT2D eigenvalue weighted by atomic mass is 10.1. The molecule has 0 aliphatic heterocycles. The Hall–Kier alpha value is -3.53. The van der Waals surface area contributed by atoms with Crippen molar-refractivity contribution in [3.8, 4) is 28.4 Å². The summed E-state index contributed by atoms with van der Waals surface area (Å²) in [5, 5.41) is 2.66. The van der Waals surface area contributed by atoms with E-state index in [1.807, 2.05) is 29.6 Å². The van der Waals surface area contributed by atoms with E-state index in [9.17, 15) is 9.59 Å². The lowest BCUT2D eigenvalue weighted by molar-refractivity contribution is 0.414. The van der Waals surface area contributed by atoms with Gasteiger partial charge in [-0.2, -0.15) is 0 Å². The minimum absolute atomic E-state index is 0. The third kappa shape index (κ3) is 3.91. The van der Waals surface area contributed by atoms with Crippen molar-refractivity contribution in [2.24, 2.45) is 0 Å². The third-order valence-corrected chi connectivity index (χ3v) is 6.01. The number of benzene rings is 2. The van der Waals surface area contributed by atoms with E-state index in [-0.39, 0.29) is 17.9 Å². The van der Waals surface area contributed by atoms with Crippen LogP contribution in [0.5, 0.6) is 5.75 Å². The molecule has 0 bridgehead atoms. The smallest absolute Gasteiger partial charge is 0.333 e. The van der Waals surface area contributed by atoms with E-state index in [1.54, 1.807) is 34.9 Å². The molecular weight excluding hydrogens is 485 g/mol. The van der Waals surface area contributed by atoms with Crippen LogP contribution in [0.25, 0.3) is 33.7 Å². The molecule has 33 heavy (non-hydrogen) atoms. The molecule has 8 nitrogen and oxygen atoms in total. The number of methoxy groups -OCH3 is 1. The molecule has 5 rings (SSSR count). The Morgan fingerprint density at radius 1 is 1.06 bits per heavy atom. The molecule has 3 heterocycles. The van der Waals surface area contributed by atoms with Crippen molar-refractivity contribution < 1.29 is 4.74 Å². The first-order valence-corrected chi connectivity index (χ1v) is 10.7. The highest BCUT2D eigenvalue weighted by atomic mass is 35.5. The molecule has 5 aromatic rings. The van der Waals surface area contributed by atoms with Gasteiger partial charge in [0.15, 0.2) is 5.13 Å². The first-order valence-electron chi connectivity index (χ1n) is 9.49. The van der Waals surface area contributed by atoms with Crippen LogP contribution in [-0.4, -0.2) is 26.2 Å². The van der Waals surface area contributed by atoms with Crippen LogP contribution >= 0.6 is 35.3 Å². The average molecular weight is 502 g/mol. The van der Waals surface area contributed by atoms with E-state index in [0.29, 0.717) is 32.9 Å². The molecular formula is C22H17Cl2N5O3S. The first-order chi connectivity index (χ1) is 15.5. The lowest BCUT2D eigenvalue weighted by Gasteiger charge is -2.10. The fraction of sp³-hybridized carbons (Fsp3) is 0.0455. The minimum atomic E-state index is -0.568. The second-order valence-corrected chi connectivity index (χ2v) is 8.23. The van der Waals surface area contributed by atoms with Gasteiger partial charge in [-0.15, -0.1) is 23.7 Å². The number of hydrogen-bond acceptors (Lipinski definition) is 6. The molecule has 168 valence electrons. The van der Waals surface area contributed by atoms with Crippen LogP contribution in [0.3, 0.4) is 0 Å². The molecule has 3 aromatic heterocycles. The van der Waals surface area contributed by atoms with Crippen LogP contribution in [0.15, 0.2) is 69.6 Å². The van der Waals surface area contributed by atoms with Crippen LogP contribution in [0.2, 0.25) is 5.15 Å². The van der Waals surface area contributed by atoms with Crippen LogP contribution in [0.1, 0.15) is 0 Å². The van der Waals surface area contributed by atoms with Crippen molar-refractivity contribution in [2.75, 3.05) is 12.8 Å². The monoisotopic (exact) mass is 501 g/mol. The fourth-order valence-electron chi connectivity index (χ4n) is 3.59. The summed E-state index contributed by atoms with van der Waals surface area (Å²) >= 11 is 7.84. The Balaban J connectivity index is 0.00000259. The molecule has 0 aliphatic carbocycles. The number of aromatic nitrogens is 4. The van der Waals surface area contributed by atoms with Crippen molar-refractivity contribution in [3.05, 3.63) is 86.0 Å². The number of nitrogens with zero attached hydrogens (tertiary/aromatic N) is 3. The van der Waals surface area contributed by atoms with Crippen molar-refractivity contribution in [3.63, 3.8) is 0 Å². The Labute approximate surface area is 202 Å². The van der Waals surface area contributed by atoms with Gasteiger partial charge < -0.3 is 15.5 Å². The number of aromatic amines is 1. The van der Waals surface area contributed by atoms with Crippen LogP contribution in [-0.2, 0) is 0 Å². The number of ether oxygens (including phenoxy) is 1. The zero-order valence-electron chi connectivity index (χ0n) is 17.1. The number of hydrogen-bond donors (Lipinski definition) is 2. The number of anilines is 1. The summed E-state index contributed by atoms with van der Waals surface area (Å²) in [6.45, 7) is 0. The summed E-state index contributed by atoms with van der Waals surface area (Å²) in [4.78, 5) is 33.2. The van der Waals surface area contributed by atoms with E-state index >= 15 is 0 Å². The number of nitrogens with one attached hydrogen (secondary N) is 1. The summed E-state index contributed by atoms with van der Waals surface area (Å²) in [5.74, 6) is 0.528. The number of rotatable bonds is 4. The SMILES string of the molecule is COc1cccc(-n2c(=O)[nH]c3cc(Cl)n(-c4ccc(-c5csc(N)n5)cc4)c3c2=O)c1.Cl. The van der Waals surface area contributed by atoms with Gasteiger partial charge in [0.2, 0.25) is 0 Å². The van der Waals surface area contributed by atoms with Gasteiger partial charge in [0.05, 0.1) is 24.0 Å². The van der Waals surface area contributed by atoms with Gasteiger partial charge in [-0.3, -0.25) is 9.36 Å². The molecule has 0 amide bonds. The second kappa shape index (κ2) is 8.78. The first kappa shape index (κ1) is 22.7. The van der Waals surface area contributed by atoms with E-state index in [1.165, 1.54) is 18.4 Å². The molecule has 0 unspecified atom stereocenters. The van der Waals surface area contributed by atoms with E-state index in [2.05, 4.69) is 9.97 Å². The molecule has 0 aliphatic rings. The van der Waals surface area contributed by atoms with Crippen LogP contribution in [0, 0.1) is 0 Å². The van der Waals surface area contributed by atoms with Gasteiger partial charge in [0.1, 0.15) is 16.4 Å². The molecule has 0 saturated heterocycles. The minimum Gasteiger partial charge on any atom is -0.497 e. The van der Waals surface area contributed by atoms with Crippen LogP contribution in [0.4, 0.5) is 5.13 Å². The Morgan fingerprint density at radius 3 is 2.48 bits per heavy atom. The fourth-order valence-corrected chi connectivity index (χ4v) is 4.46. The molecule has 0 radical (unpaired) electrons. The summed E-state index contributed by atoms with van der Waals surface area (Å²) in [6, 6.07) is 15.7. The largest absolute Gasteiger partial charge is 0.497 e. The highest BCUT2D eigenvalue weighted by Crippen LogP contribution is 2.28. The zero-order valence-corrected chi connectivity index (χ0v) is 19.5. The maximum atomic E-state index is 13.4. The quantitative estimate of drug-likeness (QED) is 0.382. The van der Waals surface area contributed by atoms with Gasteiger partial charge in [-0.25, -0.2) is 14.3 Å². The predicted molar refractivity (Wildman–Crippen MR) is 134 cm³/mol. The summed E-state index contributed by atoms with van der Waals surface area (Å²) in [5.41, 5.74) is 7.97. The molecule has 2 aromatic carbocycles. The number of halogens is 2. The summed E-state index contributed by atoms with van der Waals surface area (Å²) in [7, 11) is 1.52. The van der Waals surface area contributed by atoms with Gasteiger partial charge in [-0.05, 0) is 30.3 Å². The highest BCUT2D eigenvalue weighted by Gasteiger charge is 2.18. The predicted octanol–water partition coefficient (Wildman–Crippen LogP) is 4.26. The van der Waals surface area contributed by atoms with Gasteiger partial charge in [-0.1, -0.05) is 29.8 Å². The molecule has 0 spiro atoms. The van der Waals surface area contributed by atoms with Crippen molar-refractivity contribution in [2.45, 2.75) is 0 Å². The lowest BCUT2D eigenvalue weighted by Crippen LogP contribution is -2.34. The average Bonchev–Trinajstić information content (AvgIpc) is 3.36. The van der Waals surface area contributed by atoms with E-state index in [4.69, 9.17) is 22.1 Å². The van der Waals surface area contributed by atoms with E-state index in [0.717, 1.165) is 15.8 Å². The van der Waals surface area contributed by atoms with Gasteiger partial charge >= 0.3 is 5.69 Å². The Kier molecular flexibility index (Phi) is 6.03. The number of H-pyrrole nitrogens is 1. The summed E-state index contributed by atoms with van der Waals surface area (Å²) in [6.07, 6.45) is 0. The van der Waals surface area contributed by atoms with Crippen molar-refractivity contribution >= 4 is 51.5 Å². The topological polar surface area (TPSA) is 108 Å². The van der Waals surface area contributed by atoms with Crippen LogP contribution < -0.4 is 21.7 Å². The highest BCUT2D eigenvalue weighted by molar-refractivity contribution is 7.13. The molecule has 11 heteroatoms. The zero-order chi connectivity index (χ0) is 22.4. The standard InChI is InChI=1S/C22H16ClN5O3S.ClH/c1-31-15-4-2-3-14(9-15)28-20(29)19-16(26-22(28)30)10-18(23)27(19)13-7-5-12(6-8-13)17-11-32-21(24)25-17;/h2-11H,1H3,(H2,24,25)(H,26,30);1H. The number of thiazole rings is 1. The molecule has 3 N–H and O–H groups in total. The third-order valence-electron chi connectivity index (χ3n) is 5.06. The molecule has 0 saturated carbocycles. The Morgan fingerprint density at radius 2 is 1.82 bits per heavy atom. The maximum absolute atomic E-state index is 13.4.